The van der Waals surface area contributed by atoms with Gasteiger partial charge in [0.2, 0.25) is 0 Å². The van der Waals surface area contributed by atoms with Crippen molar-refractivity contribution >= 4 is 5.97 Å². The molecule has 0 rings (SSSR count). The van der Waals surface area contributed by atoms with Crippen LogP contribution < -0.4 is 0 Å². The average molecular weight is 153 g/mol. The van der Waals surface area contributed by atoms with Gasteiger partial charge in [0.25, 0.3) is 0 Å². The molecule has 0 bridgehead atoms. The molecule has 0 unspecified atom stereocenters. The Balaban J connectivity index is 0. The molecule has 0 aliphatic heterocycles. The summed E-state index contributed by atoms with van der Waals surface area (Å²) in [5.41, 5.74) is -0.583. The van der Waals surface area contributed by atoms with Gasteiger partial charge in [0, 0.05) is 18.6 Å². The molecule has 0 aliphatic carbocycles. The van der Waals surface area contributed by atoms with Crippen LogP contribution in [-0.2, 0) is 23.4 Å². The number of hydrogen-bond donors (Lipinski definition) is 1. The average Bonchev–Trinajstić information content (AvgIpc) is 1.31. The summed E-state index contributed by atoms with van der Waals surface area (Å²) in [6, 6.07) is 0. The molecule has 0 saturated carbocycles. The van der Waals surface area contributed by atoms with E-state index in [-0.39, 0.29) is 18.6 Å². The van der Waals surface area contributed by atoms with Crippen molar-refractivity contribution in [1.82, 2.24) is 0 Å². The molecule has 3 heteroatoms. The second-order valence-electron chi connectivity index (χ2n) is 2.56. The molecule has 1 radical (unpaired) electrons. The van der Waals surface area contributed by atoms with E-state index in [1.54, 1.807) is 20.8 Å². The zero-order valence-electron chi connectivity index (χ0n) is 5.30. The Kier molecular flexibility index (Phi) is 4.31. The molecule has 0 atom stereocenters. The summed E-state index contributed by atoms with van der Waals surface area (Å²) in [5, 5.41) is 8.25. The van der Waals surface area contributed by atoms with Gasteiger partial charge in [-0.3, -0.25) is 4.79 Å². The van der Waals surface area contributed by atoms with Gasteiger partial charge in [0.15, 0.2) is 0 Å². The molecule has 0 heterocycles. The molecule has 2 nitrogen and oxygen atoms in total. The van der Waals surface area contributed by atoms with E-state index < -0.39 is 11.4 Å². The van der Waals surface area contributed by atoms with E-state index in [9.17, 15) is 4.79 Å². The van der Waals surface area contributed by atoms with Crippen LogP contribution in [0.5, 0.6) is 0 Å². The third-order valence-electron chi connectivity index (χ3n) is 0.642. The molecule has 0 fully saturated rings. The first-order valence-corrected chi connectivity index (χ1v) is 2.18. The van der Waals surface area contributed by atoms with Crippen LogP contribution in [-0.4, -0.2) is 11.1 Å². The van der Waals surface area contributed by atoms with Gasteiger partial charge in [-0.2, -0.15) is 0 Å². The van der Waals surface area contributed by atoms with Crippen LogP contribution in [0.1, 0.15) is 20.8 Å². The monoisotopic (exact) mass is 153 g/mol. The Morgan fingerprint density at radius 1 is 1.38 bits per heavy atom. The van der Waals surface area contributed by atoms with Gasteiger partial charge in [0.1, 0.15) is 0 Å². The van der Waals surface area contributed by atoms with Crippen LogP contribution in [0.15, 0.2) is 0 Å². The molecule has 0 aliphatic rings. The van der Waals surface area contributed by atoms with E-state index in [1.807, 2.05) is 0 Å². The number of carboxylic acids is 1. The molecule has 0 saturated heterocycles. The molecule has 0 aromatic carbocycles. The second-order valence-corrected chi connectivity index (χ2v) is 2.56. The number of hydrogen-bond acceptors (Lipinski definition) is 1. The van der Waals surface area contributed by atoms with Crippen molar-refractivity contribution in [3.63, 3.8) is 0 Å². The van der Waals surface area contributed by atoms with Gasteiger partial charge in [-0.1, -0.05) is 0 Å². The predicted octanol–water partition coefficient (Wildman–Crippen LogP) is 1.11. The van der Waals surface area contributed by atoms with E-state index in [0.29, 0.717) is 0 Å². The largest absolute Gasteiger partial charge is 0.481 e. The normalized spacial score (nSPS) is 9.88. The summed E-state index contributed by atoms with van der Waals surface area (Å²) >= 11 is 0. The quantitative estimate of drug-likeness (QED) is 0.566. The summed E-state index contributed by atoms with van der Waals surface area (Å²) in [7, 11) is 0. The molecule has 0 spiro atoms. The maximum Gasteiger partial charge on any atom is 0.308 e. The molecular weight excluding hydrogens is 143 g/mol. The van der Waals surface area contributed by atoms with Crippen LogP contribution >= 0.6 is 0 Å². The number of rotatable bonds is 0. The smallest absolute Gasteiger partial charge is 0.308 e. The Hall–Kier alpha value is 0.0544. The molecule has 0 aromatic rings. The second kappa shape index (κ2) is 3.15. The van der Waals surface area contributed by atoms with Crippen molar-refractivity contribution in [3.8, 4) is 0 Å². The number of aliphatic carboxylic acids is 1. The Morgan fingerprint density at radius 2 is 1.50 bits per heavy atom. The predicted molar refractivity (Wildman–Crippen MR) is 27.1 cm³/mol. The van der Waals surface area contributed by atoms with Crippen LogP contribution in [0.4, 0.5) is 0 Å². The molecule has 8 heavy (non-hydrogen) atoms. The van der Waals surface area contributed by atoms with Gasteiger partial charge in [-0.25, -0.2) is 0 Å². The zero-order valence-corrected chi connectivity index (χ0v) is 6.70. The minimum Gasteiger partial charge on any atom is -0.481 e. The van der Waals surface area contributed by atoms with Crippen molar-refractivity contribution in [1.29, 1.82) is 0 Å². The van der Waals surface area contributed by atoms with E-state index in [0.717, 1.165) is 0 Å². The van der Waals surface area contributed by atoms with E-state index in [1.165, 1.54) is 0 Å². The molecule has 0 amide bonds. The number of carboxylic acid groups (broad SMARTS) is 1. The van der Waals surface area contributed by atoms with Crippen molar-refractivity contribution in [2.75, 3.05) is 0 Å². The summed E-state index contributed by atoms with van der Waals surface area (Å²) in [6.07, 6.45) is 0. The van der Waals surface area contributed by atoms with Crippen LogP contribution in [0.2, 0.25) is 0 Å². The van der Waals surface area contributed by atoms with Crippen LogP contribution in [0, 0.1) is 5.41 Å². The SMILES string of the molecule is CC(C)(C)C(=O)O.[V]. The first-order chi connectivity index (χ1) is 2.94. The Bertz CT molecular complexity index is 82.9. The molecule has 0 aromatic heterocycles. The fraction of sp³-hybridized carbons (Fsp3) is 0.800. The van der Waals surface area contributed by atoms with Crippen LogP contribution in [0.3, 0.4) is 0 Å². The summed E-state index contributed by atoms with van der Waals surface area (Å²) in [6.45, 7) is 4.99. The van der Waals surface area contributed by atoms with Gasteiger partial charge >= 0.3 is 5.97 Å². The third kappa shape index (κ3) is 4.22. The number of carbonyl (C=O) groups is 1. The minimum absolute atomic E-state index is 0. The standard InChI is InChI=1S/C5H10O2.V/c1-5(2,3)4(6)7;/h1-3H3,(H,6,7);. The fourth-order valence-corrected chi connectivity index (χ4v) is 0. The summed E-state index contributed by atoms with van der Waals surface area (Å²) in [5.74, 6) is -0.757. The maximum absolute atomic E-state index is 10.0. The van der Waals surface area contributed by atoms with Gasteiger partial charge in [-0.05, 0) is 20.8 Å². The van der Waals surface area contributed by atoms with Crippen molar-refractivity contribution in [3.05, 3.63) is 0 Å². The summed E-state index contributed by atoms with van der Waals surface area (Å²) in [4.78, 5) is 10.0. The van der Waals surface area contributed by atoms with E-state index in [4.69, 9.17) is 5.11 Å². The molecule has 1 N–H and O–H groups in total. The first kappa shape index (κ1) is 10.9. The zero-order chi connectivity index (χ0) is 6.08. The van der Waals surface area contributed by atoms with E-state index in [2.05, 4.69) is 0 Å². The minimum atomic E-state index is -0.757. The van der Waals surface area contributed by atoms with Crippen molar-refractivity contribution in [2.24, 2.45) is 5.41 Å². The fourth-order valence-electron chi connectivity index (χ4n) is 0. The van der Waals surface area contributed by atoms with Crippen molar-refractivity contribution < 1.29 is 28.5 Å². The van der Waals surface area contributed by atoms with Gasteiger partial charge < -0.3 is 5.11 Å². The van der Waals surface area contributed by atoms with Gasteiger partial charge in [0.05, 0.1) is 5.41 Å². The summed E-state index contributed by atoms with van der Waals surface area (Å²) < 4.78 is 0. The van der Waals surface area contributed by atoms with Gasteiger partial charge in [-0.15, -0.1) is 0 Å². The Morgan fingerprint density at radius 3 is 1.50 bits per heavy atom. The topological polar surface area (TPSA) is 37.3 Å². The van der Waals surface area contributed by atoms with Crippen LogP contribution in [0.25, 0.3) is 0 Å². The third-order valence-corrected chi connectivity index (χ3v) is 0.642. The molecule has 47 valence electrons. The van der Waals surface area contributed by atoms with E-state index >= 15 is 0 Å². The Labute approximate surface area is 61.2 Å². The maximum atomic E-state index is 10.0. The molecular formula is C5H10O2V. The first-order valence-electron chi connectivity index (χ1n) is 2.18. The van der Waals surface area contributed by atoms with Crippen molar-refractivity contribution in [2.45, 2.75) is 20.8 Å².